The topological polar surface area (TPSA) is 139 Å². The van der Waals surface area contributed by atoms with E-state index in [2.05, 4.69) is 0 Å². The fourth-order valence-corrected chi connectivity index (χ4v) is 3.54. The summed E-state index contributed by atoms with van der Waals surface area (Å²) in [4.78, 5) is 45.8. The Labute approximate surface area is 185 Å². The van der Waals surface area contributed by atoms with Gasteiger partial charge in [-0.1, -0.05) is 39.5 Å². The number of esters is 2. The first-order valence-electron chi connectivity index (χ1n) is 9.93. The lowest BCUT2D eigenvalue weighted by Crippen LogP contribution is -2.25. The van der Waals surface area contributed by atoms with Crippen molar-refractivity contribution in [2.75, 3.05) is 13.2 Å². The third kappa shape index (κ3) is 9.33. The highest BCUT2D eigenvalue weighted by molar-refractivity contribution is 8.01. The molecular formula is C20H28N2O8S. The number of ether oxygens (including phenoxy) is 2. The Morgan fingerprint density at radius 2 is 1.42 bits per heavy atom. The summed E-state index contributed by atoms with van der Waals surface area (Å²) < 4.78 is 10.4. The van der Waals surface area contributed by atoms with Crippen molar-refractivity contribution in [2.24, 2.45) is 11.8 Å². The largest absolute Gasteiger partial charge is 0.466 e. The zero-order valence-electron chi connectivity index (χ0n) is 18.1. The van der Waals surface area contributed by atoms with Gasteiger partial charge in [-0.15, -0.1) is 0 Å². The van der Waals surface area contributed by atoms with E-state index in [-0.39, 0.29) is 24.0 Å². The van der Waals surface area contributed by atoms with Crippen LogP contribution < -0.4 is 0 Å². The van der Waals surface area contributed by atoms with Gasteiger partial charge in [0.15, 0.2) is 4.90 Å². The highest BCUT2D eigenvalue weighted by atomic mass is 32.2. The molecule has 0 spiro atoms. The van der Waals surface area contributed by atoms with Gasteiger partial charge in [-0.2, -0.15) is 0 Å². The van der Waals surface area contributed by atoms with Crippen LogP contribution in [0.1, 0.15) is 47.0 Å². The van der Waals surface area contributed by atoms with Gasteiger partial charge in [0.1, 0.15) is 5.25 Å². The van der Waals surface area contributed by atoms with Gasteiger partial charge in [0.25, 0.3) is 11.4 Å². The van der Waals surface area contributed by atoms with Gasteiger partial charge in [0.2, 0.25) is 0 Å². The fraction of sp³-hybridized carbons (Fsp3) is 0.600. The number of nitro benzene ring substituents is 2. The molecule has 0 bridgehead atoms. The predicted octanol–water partition coefficient (Wildman–Crippen LogP) is 4.53. The van der Waals surface area contributed by atoms with E-state index in [0.717, 1.165) is 12.1 Å². The van der Waals surface area contributed by atoms with E-state index in [9.17, 15) is 29.8 Å². The van der Waals surface area contributed by atoms with Crippen molar-refractivity contribution in [2.45, 2.75) is 57.1 Å². The van der Waals surface area contributed by atoms with Gasteiger partial charge in [0, 0.05) is 12.1 Å². The molecule has 0 aliphatic carbocycles. The van der Waals surface area contributed by atoms with Crippen LogP contribution in [0.3, 0.4) is 0 Å². The SMILES string of the molecule is CC(C)CCOC(=O)CC(Sc1c([N+](=O)[O-])cccc1[N+](=O)[O-])C(=O)OCCC(C)C. The van der Waals surface area contributed by atoms with Crippen molar-refractivity contribution >= 4 is 35.1 Å². The van der Waals surface area contributed by atoms with Gasteiger partial charge in [-0.25, -0.2) is 0 Å². The second kappa shape index (κ2) is 12.9. The van der Waals surface area contributed by atoms with Crippen molar-refractivity contribution in [1.29, 1.82) is 0 Å². The third-order valence-corrected chi connectivity index (χ3v) is 5.44. The van der Waals surface area contributed by atoms with Crippen molar-refractivity contribution in [3.05, 3.63) is 38.4 Å². The molecule has 0 saturated carbocycles. The molecule has 31 heavy (non-hydrogen) atoms. The van der Waals surface area contributed by atoms with Crippen molar-refractivity contribution in [3.63, 3.8) is 0 Å². The van der Waals surface area contributed by atoms with E-state index >= 15 is 0 Å². The fourth-order valence-electron chi connectivity index (χ4n) is 2.34. The molecule has 1 aromatic carbocycles. The summed E-state index contributed by atoms with van der Waals surface area (Å²) in [6, 6.07) is 3.41. The minimum absolute atomic E-state index is 0.106. The molecule has 0 amide bonds. The van der Waals surface area contributed by atoms with Crippen molar-refractivity contribution in [1.82, 2.24) is 0 Å². The normalized spacial score (nSPS) is 11.9. The van der Waals surface area contributed by atoms with Gasteiger partial charge in [-0.05, 0) is 30.7 Å². The van der Waals surface area contributed by atoms with E-state index in [1.165, 1.54) is 6.07 Å². The predicted molar refractivity (Wildman–Crippen MR) is 115 cm³/mol. The van der Waals surface area contributed by atoms with Crippen LogP contribution >= 0.6 is 11.8 Å². The van der Waals surface area contributed by atoms with Crippen LogP contribution in [0.5, 0.6) is 0 Å². The maximum Gasteiger partial charge on any atom is 0.320 e. The van der Waals surface area contributed by atoms with Crippen LogP contribution in [0, 0.1) is 32.1 Å². The zero-order chi connectivity index (χ0) is 23.6. The number of nitro groups is 2. The van der Waals surface area contributed by atoms with Crippen LogP contribution in [-0.4, -0.2) is 40.2 Å². The lowest BCUT2D eigenvalue weighted by atomic mass is 10.1. The van der Waals surface area contributed by atoms with Crippen LogP contribution in [0.15, 0.2) is 23.1 Å². The second-order valence-corrected chi connectivity index (χ2v) is 8.92. The number of carbonyl (C=O) groups excluding carboxylic acids is 2. The molecule has 0 radical (unpaired) electrons. The Morgan fingerprint density at radius 1 is 0.935 bits per heavy atom. The summed E-state index contributed by atoms with van der Waals surface area (Å²) >= 11 is 0.575. The number of rotatable bonds is 13. The molecule has 0 aliphatic heterocycles. The maximum atomic E-state index is 12.6. The molecule has 0 heterocycles. The molecule has 0 aromatic heterocycles. The summed E-state index contributed by atoms with van der Waals surface area (Å²) in [5.41, 5.74) is -1.04. The summed E-state index contributed by atoms with van der Waals surface area (Å²) in [7, 11) is 0. The zero-order valence-corrected chi connectivity index (χ0v) is 18.9. The standard InChI is InChI=1S/C20H28N2O8S/c1-13(2)8-10-29-18(23)12-17(20(24)30-11-9-14(3)4)31-19-15(21(25)26)6-5-7-16(19)22(27)28/h5-7,13-14,17H,8-12H2,1-4H3. The highest BCUT2D eigenvalue weighted by Crippen LogP contribution is 2.40. The average molecular weight is 457 g/mol. The smallest absolute Gasteiger partial charge is 0.320 e. The highest BCUT2D eigenvalue weighted by Gasteiger charge is 2.33. The van der Waals surface area contributed by atoms with Crippen LogP contribution in [-0.2, 0) is 19.1 Å². The lowest BCUT2D eigenvalue weighted by molar-refractivity contribution is -0.399. The number of thioether (sulfide) groups is 1. The van der Waals surface area contributed by atoms with Gasteiger partial charge in [0.05, 0.1) is 29.5 Å². The molecule has 1 rings (SSSR count). The minimum Gasteiger partial charge on any atom is -0.466 e. The summed E-state index contributed by atoms with van der Waals surface area (Å²) in [5.74, 6) is -0.871. The lowest BCUT2D eigenvalue weighted by Gasteiger charge is -2.16. The van der Waals surface area contributed by atoms with E-state index in [4.69, 9.17) is 9.47 Å². The van der Waals surface area contributed by atoms with Crippen LogP contribution in [0.25, 0.3) is 0 Å². The van der Waals surface area contributed by atoms with Crippen molar-refractivity contribution < 1.29 is 28.9 Å². The second-order valence-electron chi connectivity index (χ2n) is 7.70. The Kier molecular flexibility index (Phi) is 10.9. The Balaban J connectivity index is 3.11. The van der Waals surface area contributed by atoms with Gasteiger partial charge >= 0.3 is 11.9 Å². The van der Waals surface area contributed by atoms with Crippen LogP contribution in [0.2, 0.25) is 0 Å². The quantitative estimate of drug-likeness (QED) is 0.181. The Morgan fingerprint density at radius 3 is 1.87 bits per heavy atom. The molecule has 0 aliphatic rings. The Bertz CT molecular complexity index is 765. The average Bonchev–Trinajstić information content (AvgIpc) is 2.66. The van der Waals surface area contributed by atoms with Crippen molar-refractivity contribution in [3.8, 4) is 0 Å². The number of carbonyl (C=O) groups is 2. The summed E-state index contributed by atoms with van der Waals surface area (Å²) in [5, 5.41) is 21.5. The van der Waals surface area contributed by atoms with E-state index in [0.29, 0.717) is 30.5 Å². The first-order valence-corrected chi connectivity index (χ1v) is 10.8. The third-order valence-electron chi connectivity index (χ3n) is 4.14. The number of hydrogen-bond donors (Lipinski definition) is 0. The molecule has 0 fully saturated rings. The first-order chi connectivity index (χ1) is 14.5. The van der Waals surface area contributed by atoms with Crippen LogP contribution in [0.4, 0.5) is 11.4 Å². The minimum atomic E-state index is -1.22. The molecule has 1 unspecified atom stereocenters. The summed E-state index contributed by atoms with van der Waals surface area (Å²) in [6.45, 7) is 8.10. The molecule has 11 heteroatoms. The number of hydrogen-bond acceptors (Lipinski definition) is 9. The molecule has 1 atom stereocenters. The molecular weight excluding hydrogens is 428 g/mol. The molecule has 0 N–H and O–H groups in total. The number of benzene rings is 1. The maximum absolute atomic E-state index is 12.6. The first kappa shape index (κ1) is 26.3. The van der Waals surface area contributed by atoms with E-state index in [1.807, 2.05) is 27.7 Å². The Hall–Kier alpha value is -2.69. The monoisotopic (exact) mass is 456 g/mol. The molecule has 10 nitrogen and oxygen atoms in total. The molecule has 1 aromatic rings. The van der Waals surface area contributed by atoms with E-state index < -0.39 is 44.8 Å². The van der Waals surface area contributed by atoms with Gasteiger partial charge in [-0.3, -0.25) is 29.8 Å². The molecule has 172 valence electrons. The van der Waals surface area contributed by atoms with Gasteiger partial charge < -0.3 is 9.47 Å². The summed E-state index contributed by atoms with van der Waals surface area (Å²) in [6.07, 6.45) is 0.804. The van der Waals surface area contributed by atoms with E-state index in [1.54, 1.807) is 0 Å². The molecule has 0 saturated heterocycles. The number of nitrogens with zero attached hydrogens (tertiary/aromatic N) is 2.